The van der Waals surface area contributed by atoms with Crippen molar-refractivity contribution >= 4 is 17.3 Å². The van der Waals surface area contributed by atoms with Crippen LogP contribution in [0, 0.1) is 6.92 Å². The van der Waals surface area contributed by atoms with E-state index in [0.717, 1.165) is 11.3 Å². The van der Waals surface area contributed by atoms with E-state index in [1.54, 1.807) is 18.5 Å². The molecule has 0 spiro atoms. The van der Waals surface area contributed by atoms with Crippen LogP contribution in [0.3, 0.4) is 0 Å². The number of hydrogen-bond acceptors (Lipinski definition) is 3. The second-order valence-electron chi connectivity index (χ2n) is 4.94. The van der Waals surface area contributed by atoms with Crippen molar-refractivity contribution in [3.8, 4) is 0 Å². The number of hydrogen-bond donors (Lipinski definition) is 2. The first-order chi connectivity index (χ1) is 10.1. The Labute approximate surface area is 123 Å². The van der Waals surface area contributed by atoms with Gasteiger partial charge in [-0.25, -0.2) is 0 Å². The molecule has 0 aliphatic heterocycles. The Morgan fingerprint density at radius 2 is 1.95 bits per heavy atom. The largest absolute Gasteiger partial charge is 0.398 e. The Morgan fingerprint density at radius 1 is 1.24 bits per heavy atom. The van der Waals surface area contributed by atoms with Gasteiger partial charge in [0, 0.05) is 48.9 Å². The van der Waals surface area contributed by atoms with Crippen molar-refractivity contribution in [3.63, 3.8) is 0 Å². The minimum atomic E-state index is -0.0373. The highest BCUT2D eigenvalue weighted by atomic mass is 16.1. The van der Waals surface area contributed by atoms with Gasteiger partial charge < -0.3 is 15.6 Å². The first kappa shape index (κ1) is 14.8. The number of pyridine rings is 1. The summed E-state index contributed by atoms with van der Waals surface area (Å²) in [6.45, 7) is 2.58. The van der Waals surface area contributed by atoms with Crippen LogP contribution in [0.1, 0.15) is 18.4 Å². The lowest BCUT2D eigenvalue weighted by atomic mass is 10.1. The van der Waals surface area contributed by atoms with Gasteiger partial charge >= 0.3 is 0 Å². The molecule has 1 amide bonds. The van der Waals surface area contributed by atoms with Crippen LogP contribution in [0.4, 0.5) is 11.4 Å². The fourth-order valence-electron chi connectivity index (χ4n) is 2.02. The average Bonchev–Trinajstić information content (AvgIpc) is 2.46. The van der Waals surface area contributed by atoms with Crippen LogP contribution >= 0.6 is 0 Å². The van der Waals surface area contributed by atoms with Gasteiger partial charge in [0.25, 0.3) is 0 Å². The van der Waals surface area contributed by atoms with Crippen LogP contribution in [-0.4, -0.2) is 10.5 Å². The summed E-state index contributed by atoms with van der Waals surface area (Å²) in [7, 11) is 0. The minimum absolute atomic E-state index is 0.0128. The zero-order valence-electron chi connectivity index (χ0n) is 12.0. The van der Waals surface area contributed by atoms with Crippen LogP contribution < -0.4 is 16.5 Å². The summed E-state index contributed by atoms with van der Waals surface area (Å²) in [5.41, 5.74) is 8.09. The molecule has 0 atom stereocenters. The third kappa shape index (κ3) is 4.21. The molecule has 0 aliphatic rings. The van der Waals surface area contributed by atoms with Crippen molar-refractivity contribution in [2.24, 2.45) is 0 Å². The summed E-state index contributed by atoms with van der Waals surface area (Å²) in [6.07, 6.45) is 4.57. The maximum atomic E-state index is 11.9. The van der Waals surface area contributed by atoms with Gasteiger partial charge in [0.05, 0.1) is 0 Å². The molecular formula is C16H19N3O2. The zero-order chi connectivity index (χ0) is 15.2. The van der Waals surface area contributed by atoms with Gasteiger partial charge in [-0.1, -0.05) is 6.07 Å². The molecule has 0 fully saturated rings. The van der Waals surface area contributed by atoms with Gasteiger partial charge in [0.2, 0.25) is 5.91 Å². The van der Waals surface area contributed by atoms with Crippen molar-refractivity contribution < 1.29 is 4.79 Å². The third-order valence-electron chi connectivity index (χ3n) is 3.33. The van der Waals surface area contributed by atoms with Gasteiger partial charge in [-0.05, 0) is 31.0 Å². The van der Waals surface area contributed by atoms with Crippen molar-refractivity contribution in [3.05, 3.63) is 58.5 Å². The molecule has 2 aromatic rings. The summed E-state index contributed by atoms with van der Waals surface area (Å²) in [4.78, 5) is 22.9. The number of aryl methyl sites for hydroxylation is 1. The van der Waals surface area contributed by atoms with E-state index < -0.39 is 0 Å². The molecule has 5 nitrogen and oxygen atoms in total. The second-order valence-corrected chi connectivity index (χ2v) is 4.94. The van der Waals surface area contributed by atoms with E-state index >= 15 is 0 Å². The predicted molar refractivity (Wildman–Crippen MR) is 84.2 cm³/mol. The first-order valence-corrected chi connectivity index (χ1v) is 6.87. The van der Waals surface area contributed by atoms with Gasteiger partial charge in [-0.2, -0.15) is 0 Å². The van der Waals surface area contributed by atoms with Crippen molar-refractivity contribution in [2.45, 2.75) is 26.3 Å². The fourth-order valence-corrected chi connectivity index (χ4v) is 2.02. The second kappa shape index (κ2) is 6.74. The standard InChI is InChI=1S/C16H19N3O2/c1-12-14(17)4-2-5-15(12)18-16(21)6-3-9-19-10-7-13(20)8-11-19/h2,4-5,7-8,10-11H,3,6,9,17H2,1H3,(H,18,21). The SMILES string of the molecule is Cc1c(N)cccc1NC(=O)CCCn1ccc(=O)cc1. The molecule has 5 heteroatoms. The summed E-state index contributed by atoms with van der Waals surface area (Å²) in [5, 5.41) is 2.87. The van der Waals surface area contributed by atoms with E-state index in [9.17, 15) is 9.59 Å². The Hall–Kier alpha value is -2.56. The van der Waals surface area contributed by atoms with Crippen LogP contribution in [0.5, 0.6) is 0 Å². The number of anilines is 2. The molecule has 1 aromatic heterocycles. The summed E-state index contributed by atoms with van der Waals surface area (Å²) in [6, 6.07) is 8.48. The molecule has 0 bridgehead atoms. The first-order valence-electron chi connectivity index (χ1n) is 6.87. The number of nitrogen functional groups attached to an aromatic ring is 1. The molecule has 110 valence electrons. The predicted octanol–water partition coefficient (Wildman–Crippen LogP) is 2.16. The molecule has 0 saturated heterocycles. The van der Waals surface area contributed by atoms with Crippen molar-refractivity contribution in [1.29, 1.82) is 0 Å². The highest BCUT2D eigenvalue weighted by molar-refractivity contribution is 5.92. The fraction of sp³-hybridized carbons (Fsp3) is 0.250. The van der Waals surface area contributed by atoms with Crippen LogP contribution in [0.15, 0.2) is 47.5 Å². The number of carbonyl (C=O) groups is 1. The molecule has 1 aromatic carbocycles. The summed E-state index contributed by atoms with van der Waals surface area (Å²) in [5.74, 6) is -0.0373. The molecule has 0 radical (unpaired) electrons. The number of aromatic nitrogens is 1. The Balaban J connectivity index is 1.83. The van der Waals surface area contributed by atoms with Gasteiger partial charge in [0.1, 0.15) is 0 Å². The number of carbonyl (C=O) groups excluding carboxylic acids is 1. The number of rotatable bonds is 5. The molecule has 3 N–H and O–H groups in total. The lowest BCUT2D eigenvalue weighted by molar-refractivity contribution is -0.116. The van der Waals surface area contributed by atoms with E-state index in [4.69, 9.17) is 5.73 Å². The monoisotopic (exact) mass is 285 g/mol. The van der Waals surface area contributed by atoms with Crippen LogP contribution in [0.2, 0.25) is 0 Å². The van der Waals surface area contributed by atoms with E-state index in [1.165, 1.54) is 12.1 Å². The average molecular weight is 285 g/mol. The Bertz CT molecular complexity index is 672. The minimum Gasteiger partial charge on any atom is -0.398 e. The van der Waals surface area contributed by atoms with Crippen LogP contribution in [0.25, 0.3) is 0 Å². The molecule has 2 rings (SSSR count). The molecule has 21 heavy (non-hydrogen) atoms. The maximum Gasteiger partial charge on any atom is 0.224 e. The number of nitrogens with two attached hydrogens (primary N) is 1. The molecule has 0 unspecified atom stereocenters. The van der Waals surface area contributed by atoms with Crippen LogP contribution in [-0.2, 0) is 11.3 Å². The number of amides is 1. The summed E-state index contributed by atoms with van der Waals surface area (Å²) >= 11 is 0. The molecule has 0 aliphatic carbocycles. The van der Waals surface area contributed by atoms with Gasteiger partial charge in [-0.15, -0.1) is 0 Å². The molecule has 1 heterocycles. The zero-order valence-corrected chi connectivity index (χ0v) is 12.0. The lowest BCUT2D eigenvalue weighted by Gasteiger charge is -2.10. The Morgan fingerprint density at radius 3 is 2.67 bits per heavy atom. The number of nitrogens with zero attached hydrogens (tertiary/aromatic N) is 1. The van der Waals surface area contributed by atoms with E-state index in [0.29, 0.717) is 25.1 Å². The normalized spacial score (nSPS) is 10.3. The maximum absolute atomic E-state index is 11.9. The Kier molecular flexibility index (Phi) is 4.77. The topological polar surface area (TPSA) is 77.1 Å². The summed E-state index contributed by atoms with van der Waals surface area (Å²) < 4.78 is 1.89. The lowest BCUT2D eigenvalue weighted by Crippen LogP contribution is -2.14. The molecular weight excluding hydrogens is 266 g/mol. The van der Waals surface area contributed by atoms with Gasteiger partial charge in [0.15, 0.2) is 5.43 Å². The van der Waals surface area contributed by atoms with E-state index in [1.807, 2.05) is 23.6 Å². The number of nitrogens with one attached hydrogen (secondary N) is 1. The third-order valence-corrected chi connectivity index (χ3v) is 3.33. The number of benzene rings is 1. The van der Waals surface area contributed by atoms with Crippen molar-refractivity contribution in [1.82, 2.24) is 4.57 Å². The van der Waals surface area contributed by atoms with Gasteiger partial charge in [-0.3, -0.25) is 9.59 Å². The van der Waals surface area contributed by atoms with Crippen molar-refractivity contribution in [2.75, 3.05) is 11.1 Å². The highest BCUT2D eigenvalue weighted by Gasteiger charge is 2.06. The van der Waals surface area contributed by atoms with E-state index in [-0.39, 0.29) is 11.3 Å². The quantitative estimate of drug-likeness (QED) is 0.826. The molecule has 0 saturated carbocycles. The smallest absolute Gasteiger partial charge is 0.224 e. The van der Waals surface area contributed by atoms with E-state index in [2.05, 4.69) is 5.32 Å². The highest BCUT2D eigenvalue weighted by Crippen LogP contribution is 2.20.